The molecule has 2 aliphatic heterocycles. The van der Waals surface area contributed by atoms with Crippen molar-refractivity contribution in [2.75, 3.05) is 37.6 Å². The van der Waals surface area contributed by atoms with E-state index in [9.17, 15) is 0 Å². The van der Waals surface area contributed by atoms with Crippen molar-refractivity contribution in [3.8, 4) is 0 Å². The fourth-order valence-electron chi connectivity index (χ4n) is 3.83. The van der Waals surface area contributed by atoms with Gasteiger partial charge in [-0.2, -0.15) is 5.10 Å². The zero-order valence-electron chi connectivity index (χ0n) is 12.8. The summed E-state index contributed by atoms with van der Waals surface area (Å²) in [7, 11) is 0. The first-order valence-electron chi connectivity index (χ1n) is 7.98. The van der Waals surface area contributed by atoms with E-state index >= 15 is 0 Å². The Morgan fingerprint density at radius 3 is 2.80 bits per heavy atom. The third-order valence-corrected chi connectivity index (χ3v) is 4.83. The highest BCUT2D eigenvalue weighted by molar-refractivity contribution is 5.38. The van der Waals surface area contributed by atoms with E-state index in [1.807, 2.05) is 6.92 Å². The molecular formula is C16H26N4. The topological polar surface area (TPSA) is 32.3 Å². The average Bonchev–Trinajstić information content (AvgIpc) is 2.83. The van der Waals surface area contributed by atoms with Crippen molar-refractivity contribution in [2.24, 2.45) is 5.41 Å². The average molecular weight is 274 g/mol. The van der Waals surface area contributed by atoms with Crippen molar-refractivity contribution >= 4 is 5.82 Å². The van der Waals surface area contributed by atoms with Crippen LogP contribution >= 0.6 is 0 Å². The number of hydrogen-bond donors (Lipinski definition) is 0. The predicted octanol–water partition coefficient (Wildman–Crippen LogP) is 2.49. The molecule has 1 aromatic heterocycles. The number of aryl methyl sites for hydroxylation is 1. The first-order chi connectivity index (χ1) is 9.71. The van der Waals surface area contributed by atoms with Crippen LogP contribution in [0.3, 0.4) is 0 Å². The van der Waals surface area contributed by atoms with Crippen molar-refractivity contribution in [1.82, 2.24) is 15.1 Å². The van der Waals surface area contributed by atoms with Crippen LogP contribution in [0.1, 0.15) is 38.3 Å². The molecular weight excluding hydrogens is 248 g/mol. The van der Waals surface area contributed by atoms with Gasteiger partial charge in [0.05, 0.1) is 5.69 Å². The van der Waals surface area contributed by atoms with E-state index in [0.717, 1.165) is 24.6 Å². The van der Waals surface area contributed by atoms with Gasteiger partial charge < -0.3 is 9.80 Å². The van der Waals surface area contributed by atoms with Crippen molar-refractivity contribution in [3.05, 3.63) is 17.8 Å². The van der Waals surface area contributed by atoms with Gasteiger partial charge in [0.15, 0.2) is 5.82 Å². The third-order valence-electron chi connectivity index (χ3n) is 4.83. The van der Waals surface area contributed by atoms with Crippen molar-refractivity contribution < 1.29 is 0 Å². The Labute approximate surface area is 122 Å². The number of nitrogens with zero attached hydrogens (tertiary/aromatic N) is 4. The summed E-state index contributed by atoms with van der Waals surface area (Å²) in [5, 5.41) is 8.59. The van der Waals surface area contributed by atoms with E-state index in [1.54, 1.807) is 0 Å². The van der Waals surface area contributed by atoms with Crippen LogP contribution in [0.4, 0.5) is 5.82 Å². The Kier molecular flexibility index (Phi) is 3.92. The molecule has 0 N–H and O–H groups in total. The minimum Gasteiger partial charge on any atom is -0.355 e. The van der Waals surface area contributed by atoms with Crippen LogP contribution in [0.2, 0.25) is 0 Å². The molecule has 0 saturated carbocycles. The molecule has 1 aromatic rings. The Bertz CT molecular complexity index is 444. The van der Waals surface area contributed by atoms with E-state index in [0.29, 0.717) is 5.41 Å². The van der Waals surface area contributed by atoms with Gasteiger partial charge in [0.1, 0.15) is 0 Å². The minimum atomic E-state index is 0.500. The van der Waals surface area contributed by atoms with Crippen molar-refractivity contribution in [1.29, 1.82) is 0 Å². The molecule has 110 valence electrons. The molecule has 1 spiro atoms. The Hall–Kier alpha value is -1.16. The van der Waals surface area contributed by atoms with Crippen LogP contribution < -0.4 is 4.90 Å². The second-order valence-electron chi connectivity index (χ2n) is 6.58. The zero-order valence-corrected chi connectivity index (χ0v) is 12.8. The first kappa shape index (κ1) is 13.8. The van der Waals surface area contributed by atoms with E-state index in [4.69, 9.17) is 0 Å². The van der Waals surface area contributed by atoms with Gasteiger partial charge in [-0.15, -0.1) is 5.10 Å². The van der Waals surface area contributed by atoms with Crippen LogP contribution in [-0.4, -0.2) is 47.8 Å². The van der Waals surface area contributed by atoms with Crippen molar-refractivity contribution in [3.63, 3.8) is 0 Å². The second kappa shape index (κ2) is 5.68. The molecule has 0 aromatic carbocycles. The summed E-state index contributed by atoms with van der Waals surface area (Å²) in [6.07, 6.45) is 5.28. The highest BCUT2D eigenvalue weighted by Gasteiger charge is 2.41. The van der Waals surface area contributed by atoms with E-state index in [1.165, 1.54) is 45.3 Å². The molecule has 0 amide bonds. The molecule has 4 nitrogen and oxygen atoms in total. The molecule has 2 aliphatic rings. The maximum Gasteiger partial charge on any atom is 0.151 e. The lowest BCUT2D eigenvalue weighted by atomic mass is 9.79. The quantitative estimate of drug-likeness (QED) is 0.847. The van der Waals surface area contributed by atoms with Gasteiger partial charge in [0.25, 0.3) is 0 Å². The fourth-order valence-corrected chi connectivity index (χ4v) is 3.83. The monoisotopic (exact) mass is 274 g/mol. The molecule has 3 heterocycles. The second-order valence-corrected chi connectivity index (χ2v) is 6.58. The van der Waals surface area contributed by atoms with Gasteiger partial charge in [-0.25, -0.2) is 0 Å². The normalized spacial score (nSPS) is 27.4. The SMILES string of the molecule is CCCN1CC[C@@]2(CCCN(c3ccc(C)nn3)C2)C1. The lowest BCUT2D eigenvalue weighted by molar-refractivity contribution is 0.219. The number of rotatable bonds is 3. The highest BCUT2D eigenvalue weighted by atomic mass is 15.3. The molecule has 4 heteroatoms. The van der Waals surface area contributed by atoms with Crippen LogP contribution in [-0.2, 0) is 0 Å². The lowest BCUT2D eigenvalue weighted by Gasteiger charge is -2.41. The standard InChI is InChI=1S/C16H26N4/c1-3-9-19-11-8-16(12-19)7-4-10-20(13-16)15-6-5-14(2)17-18-15/h5-6H,3-4,7-13H2,1-2H3/t16-/m0/s1. The van der Waals surface area contributed by atoms with Crippen LogP contribution in [0.25, 0.3) is 0 Å². The van der Waals surface area contributed by atoms with Gasteiger partial charge in [0, 0.05) is 25.0 Å². The highest BCUT2D eigenvalue weighted by Crippen LogP contribution is 2.39. The van der Waals surface area contributed by atoms with E-state index in [-0.39, 0.29) is 0 Å². The summed E-state index contributed by atoms with van der Waals surface area (Å²) in [4.78, 5) is 5.09. The summed E-state index contributed by atoms with van der Waals surface area (Å²) >= 11 is 0. The molecule has 20 heavy (non-hydrogen) atoms. The summed E-state index contributed by atoms with van der Waals surface area (Å²) < 4.78 is 0. The molecule has 0 radical (unpaired) electrons. The van der Waals surface area contributed by atoms with E-state index in [2.05, 4.69) is 39.1 Å². The summed E-state index contributed by atoms with van der Waals surface area (Å²) in [6.45, 7) is 10.4. The summed E-state index contributed by atoms with van der Waals surface area (Å²) in [5.41, 5.74) is 1.50. The predicted molar refractivity (Wildman–Crippen MR) is 82.0 cm³/mol. The van der Waals surface area contributed by atoms with Gasteiger partial charge in [0.2, 0.25) is 0 Å². The largest absolute Gasteiger partial charge is 0.355 e. The Balaban J connectivity index is 1.69. The van der Waals surface area contributed by atoms with Crippen LogP contribution in [0.5, 0.6) is 0 Å². The molecule has 1 atom stereocenters. The number of hydrogen-bond acceptors (Lipinski definition) is 4. The third kappa shape index (κ3) is 2.80. The van der Waals surface area contributed by atoms with Gasteiger partial charge in [-0.3, -0.25) is 0 Å². The molecule has 0 bridgehead atoms. The number of aromatic nitrogens is 2. The smallest absolute Gasteiger partial charge is 0.151 e. The lowest BCUT2D eigenvalue weighted by Crippen LogP contribution is -2.45. The molecule has 0 unspecified atom stereocenters. The molecule has 2 fully saturated rings. The Morgan fingerprint density at radius 1 is 1.15 bits per heavy atom. The van der Waals surface area contributed by atoms with Gasteiger partial charge in [-0.05, 0) is 57.8 Å². The maximum absolute atomic E-state index is 4.37. The van der Waals surface area contributed by atoms with Crippen LogP contribution in [0.15, 0.2) is 12.1 Å². The van der Waals surface area contributed by atoms with Crippen molar-refractivity contribution in [2.45, 2.75) is 39.5 Å². The number of likely N-dealkylation sites (tertiary alicyclic amines) is 1. The molecule has 3 rings (SSSR count). The maximum atomic E-state index is 4.37. The van der Waals surface area contributed by atoms with Gasteiger partial charge in [-0.1, -0.05) is 6.92 Å². The summed E-state index contributed by atoms with van der Waals surface area (Å²) in [5.74, 6) is 1.06. The first-order valence-corrected chi connectivity index (χ1v) is 7.98. The zero-order chi connectivity index (χ0) is 14.0. The summed E-state index contributed by atoms with van der Waals surface area (Å²) in [6, 6.07) is 4.20. The molecule has 0 aliphatic carbocycles. The van der Waals surface area contributed by atoms with Crippen LogP contribution in [0, 0.1) is 12.3 Å². The minimum absolute atomic E-state index is 0.500. The number of piperidine rings is 1. The Morgan fingerprint density at radius 2 is 2.05 bits per heavy atom. The fraction of sp³-hybridized carbons (Fsp3) is 0.750. The number of anilines is 1. The van der Waals surface area contributed by atoms with Gasteiger partial charge >= 0.3 is 0 Å². The molecule has 2 saturated heterocycles. The van der Waals surface area contributed by atoms with E-state index < -0.39 is 0 Å².